The number of methoxy groups -OCH3 is 1. The van der Waals surface area contributed by atoms with E-state index in [1.165, 1.54) is 18.2 Å². The Morgan fingerprint density at radius 1 is 1.03 bits per heavy atom. The fourth-order valence-electron chi connectivity index (χ4n) is 2.96. The summed E-state index contributed by atoms with van der Waals surface area (Å²) in [4.78, 5) is 16.5. The van der Waals surface area contributed by atoms with E-state index < -0.39 is 10.0 Å². The van der Waals surface area contributed by atoms with E-state index in [1.807, 2.05) is 24.3 Å². The summed E-state index contributed by atoms with van der Waals surface area (Å²) < 4.78 is 32.8. The molecule has 158 valence electrons. The molecule has 0 aromatic heterocycles. The molecule has 30 heavy (non-hydrogen) atoms. The highest BCUT2D eigenvalue weighted by molar-refractivity contribution is 7.90. The summed E-state index contributed by atoms with van der Waals surface area (Å²) in [5.74, 6) is 0.938. The van der Waals surface area contributed by atoms with Gasteiger partial charge in [-0.25, -0.2) is 8.42 Å². The van der Waals surface area contributed by atoms with Gasteiger partial charge in [0.25, 0.3) is 10.0 Å². The van der Waals surface area contributed by atoms with E-state index in [0.29, 0.717) is 24.5 Å². The first-order valence-corrected chi connectivity index (χ1v) is 11.2. The Morgan fingerprint density at radius 2 is 1.77 bits per heavy atom. The number of nitrogens with one attached hydrogen (secondary N) is 2. The Labute approximate surface area is 176 Å². The van der Waals surface area contributed by atoms with Crippen LogP contribution in [-0.4, -0.2) is 33.8 Å². The monoisotopic (exact) mass is 427 g/mol. The zero-order valence-corrected chi connectivity index (χ0v) is 17.6. The Kier molecular flexibility index (Phi) is 7.24. The van der Waals surface area contributed by atoms with Crippen LogP contribution in [0.3, 0.4) is 0 Å². The zero-order chi connectivity index (χ0) is 21.4. The smallest absolute Gasteiger partial charge is 0.262 e. The van der Waals surface area contributed by atoms with Gasteiger partial charge in [-0.15, -0.1) is 0 Å². The van der Waals surface area contributed by atoms with Crippen molar-refractivity contribution >= 4 is 33.5 Å². The average molecular weight is 428 g/mol. The van der Waals surface area contributed by atoms with Crippen LogP contribution in [0.4, 0.5) is 5.69 Å². The third-order valence-electron chi connectivity index (χ3n) is 4.60. The van der Waals surface area contributed by atoms with Crippen molar-refractivity contribution in [3.63, 3.8) is 0 Å². The largest absolute Gasteiger partial charge is 0.497 e. The Balaban J connectivity index is 1.59. The minimum absolute atomic E-state index is 0.126. The summed E-state index contributed by atoms with van der Waals surface area (Å²) in [5.41, 5.74) is 1.37. The second-order valence-electron chi connectivity index (χ2n) is 6.86. The molecule has 3 rings (SSSR count). The minimum atomic E-state index is -3.69. The number of carbonyl (C=O) groups is 1. The molecule has 2 aromatic rings. The number of hydrogen-bond acceptors (Lipinski definition) is 5. The third-order valence-corrected chi connectivity index (χ3v) is 6.00. The lowest BCUT2D eigenvalue weighted by molar-refractivity contribution is -0.111. The Hall–Kier alpha value is -3.13. The molecule has 2 aromatic carbocycles. The van der Waals surface area contributed by atoms with Gasteiger partial charge in [-0.2, -0.15) is 0 Å². The lowest BCUT2D eigenvalue weighted by Gasteiger charge is -2.10. The molecule has 0 saturated carbocycles. The molecule has 1 aliphatic heterocycles. The van der Waals surface area contributed by atoms with Crippen molar-refractivity contribution in [2.24, 2.45) is 4.99 Å². The molecule has 0 atom stereocenters. The number of nitrogens with zero attached hydrogens (tertiary/aromatic N) is 1. The number of ether oxygens (including phenoxy) is 1. The molecule has 0 radical (unpaired) electrons. The van der Waals surface area contributed by atoms with Gasteiger partial charge in [0.2, 0.25) is 5.91 Å². The molecule has 7 nitrogen and oxygen atoms in total. The number of aliphatic imine (C=N–C) groups is 1. The molecule has 8 heteroatoms. The molecule has 1 aliphatic rings. The molecular formula is C22H25N3O4S. The van der Waals surface area contributed by atoms with E-state index in [-0.39, 0.29) is 10.8 Å². The van der Waals surface area contributed by atoms with Crippen molar-refractivity contribution in [3.8, 4) is 5.75 Å². The number of benzene rings is 2. The van der Waals surface area contributed by atoms with Gasteiger partial charge in [0.05, 0.1) is 12.0 Å². The second-order valence-corrected chi connectivity index (χ2v) is 8.55. The van der Waals surface area contributed by atoms with Crippen LogP contribution in [0.5, 0.6) is 5.75 Å². The summed E-state index contributed by atoms with van der Waals surface area (Å²) in [5, 5.41) is 2.71. The molecular weight excluding hydrogens is 402 g/mol. The number of sulfonamides is 1. The third kappa shape index (κ3) is 6.18. The van der Waals surface area contributed by atoms with Crippen LogP contribution in [0, 0.1) is 0 Å². The highest BCUT2D eigenvalue weighted by Gasteiger charge is 2.17. The van der Waals surface area contributed by atoms with Crippen molar-refractivity contribution in [3.05, 3.63) is 60.2 Å². The van der Waals surface area contributed by atoms with E-state index in [1.54, 1.807) is 25.3 Å². The first kappa shape index (κ1) is 21.6. The predicted molar refractivity (Wildman–Crippen MR) is 118 cm³/mol. The lowest BCUT2D eigenvalue weighted by atomic mass is 10.2. The van der Waals surface area contributed by atoms with Gasteiger partial charge in [-0.1, -0.05) is 18.6 Å². The predicted octanol–water partition coefficient (Wildman–Crippen LogP) is 3.60. The topological polar surface area (TPSA) is 96.9 Å². The van der Waals surface area contributed by atoms with Crippen LogP contribution in [0.25, 0.3) is 6.08 Å². The normalized spacial score (nSPS) is 14.6. The van der Waals surface area contributed by atoms with Gasteiger partial charge < -0.3 is 10.1 Å². The van der Waals surface area contributed by atoms with Gasteiger partial charge in [0, 0.05) is 24.7 Å². The van der Waals surface area contributed by atoms with Gasteiger partial charge in [0.15, 0.2) is 0 Å². The first-order valence-electron chi connectivity index (χ1n) is 9.75. The van der Waals surface area contributed by atoms with Crippen LogP contribution in [0.15, 0.2) is 64.5 Å². The van der Waals surface area contributed by atoms with Crippen molar-refractivity contribution in [1.29, 1.82) is 0 Å². The first-order chi connectivity index (χ1) is 14.5. The summed E-state index contributed by atoms with van der Waals surface area (Å²) >= 11 is 0. The van der Waals surface area contributed by atoms with E-state index in [9.17, 15) is 13.2 Å². The van der Waals surface area contributed by atoms with E-state index >= 15 is 0 Å². The number of anilines is 1. The van der Waals surface area contributed by atoms with Crippen molar-refractivity contribution in [2.75, 3.05) is 19.0 Å². The number of amides is 1. The van der Waals surface area contributed by atoms with Crippen LogP contribution in [0.2, 0.25) is 0 Å². The Bertz CT molecular complexity index is 1030. The second kappa shape index (κ2) is 10.1. The van der Waals surface area contributed by atoms with E-state index in [2.05, 4.69) is 15.0 Å². The molecule has 0 fully saturated rings. The summed E-state index contributed by atoms with van der Waals surface area (Å²) in [6, 6.07) is 13.3. The number of rotatable bonds is 6. The van der Waals surface area contributed by atoms with Crippen LogP contribution in [-0.2, 0) is 14.8 Å². The molecule has 0 spiro atoms. The summed E-state index contributed by atoms with van der Waals surface area (Å²) in [6.07, 6.45) is 6.69. The van der Waals surface area contributed by atoms with Crippen molar-refractivity contribution in [1.82, 2.24) is 4.72 Å². The molecule has 0 unspecified atom stereocenters. The lowest BCUT2D eigenvalue weighted by Crippen LogP contribution is -2.30. The average Bonchev–Trinajstić information content (AvgIpc) is 3.01. The van der Waals surface area contributed by atoms with Gasteiger partial charge in [0.1, 0.15) is 11.6 Å². The number of carbonyl (C=O) groups excluding carboxylic acids is 1. The van der Waals surface area contributed by atoms with Crippen LogP contribution < -0.4 is 14.8 Å². The molecule has 1 amide bonds. The molecule has 1 heterocycles. The van der Waals surface area contributed by atoms with Crippen molar-refractivity contribution < 1.29 is 17.9 Å². The Morgan fingerprint density at radius 3 is 2.47 bits per heavy atom. The van der Waals surface area contributed by atoms with Crippen LogP contribution >= 0.6 is 0 Å². The fourth-order valence-corrected chi connectivity index (χ4v) is 4.05. The highest BCUT2D eigenvalue weighted by Crippen LogP contribution is 2.16. The molecule has 0 saturated heterocycles. The van der Waals surface area contributed by atoms with E-state index in [4.69, 9.17) is 4.74 Å². The summed E-state index contributed by atoms with van der Waals surface area (Å²) in [7, 11) is -2.10. The highest BCUT2D eigenvalue weighted by atomic mass is 32.2. The standard InChI is InChI=1S/C22H25N3O4S/c1-29-19-11-6-17(7-12-19)8-15-22(26)24-18-9-13-20(14-10-18)30(27,28)25-21-5-3-2-4-16-23-21/h6-15H,2-5,16H2,1H3,(H,23,25)(H,24,26)/b15-8+. The maximum Gasteiger partial charge on any atom is 0.262 e. The van der Waals surface area contributed by atoms with Gasteiger partial charge in [-0.05, 0) is 60.9 Å². The van der Waals surface area contributed by atoms with Gasteiger partial charge in [-0.3, -0.25) is 14.5 Å². The molecule has 0 bridgehead atoms. The maximum atomic E-state index is 12.6. The zero-order valence-electron chi connectivity index (χ0n) is 16.8. The van der Waals surface area contributed by atoms with Crippen molar-refractivity contribution in [2.45, 2.75) is 30.6 Å². The molecule has 2 N–H and O–H groups in total. The van der Waals surface area contributed by atoms with Crippen LogP contribution in [0.1, 0.15) is 31.2 Å². The fraction of sp³-hybridized carbons (Fsp3) is 0.273. The number of hydrogen-bond donors (Lipinski definition) is 2. The van der Waals surface area contributed by atoms with Gasteiger partial charge >= 0.3 is 0 Å². The number of amidine groups is 1. The minimum Gasteiger partial charge on any atom is -0.497 e. The maximum absolute atomic E-state index is 12.6. The SMILES string of the molecule is COc1ccc(/C=C/C(=O)Nc2ccc(S(=O)(=O)NC3=NCCCCC3)cc2)cc1. The van der Waals surface area contributed by atoms with E-state index in [0.717, 1.165) is 30.6 Å². The quantitative estimate of drug-likeness (QED) is 0.689. The summed E-state index contributed by atoms with van der Waals surface area (Å²) in [6.45, 7) is 0.646. The molecule has 0 aliphatic carbocycles.